The van der Waals surface area contributed by atoms with Crippen LogP contribution in [0, 0.1) is 0 Å². The van der Waals surface area contributed by atoms with E-state index in [-0.39, 0.29) is 49.3 Å². The number of hydrogen-bond acceptors (Lipinski definition) is 7. The summed E-state index contributed by atoms with van der Waals surface area (Å²) >= 11 is 0. The molecule has 1 aromatic carbocycles. The van der Waals surface area contributed by atoms with Crippen LogP contribution in [0.4, 0.5) is 0 Å². The molecule has 1 aromatic rings. The summed E-state index contributed by atoms with van der Waals surface area (Å²) in [7, 11) is 0. The predicted molar refractivity (Wildman–Crippen MR) is 110 cm³/mol. The van der Waals surface area contributed by atoms with Crippen LogP contribution in [0.2, 0.25) is 0 Å². The first-order valence-electron chi connectivity index (χ1n) is 10.5. The zero-order valence-electron chi connectivity index (χ0n) is 18.7. The standard InChI is InChI=1S/C23H33NO6/c1-15(25)27-14-18-21-20(29-23(5,6)30-21)17(12-19(26)28-22(2,3)4)24(18)13-16-10-8-7-9-11-16/h7-11,17-18,20-21H,12-14H2,1-6H3/t17-,18+,20-,21+/m0/s1. The van der Waals surface area contributed by atoms with E-state index >= 15 is 0 Å². The Balaban J connectivity index is 1.89. The summed E-state index contributed by atoms with van der Waals surface area (Å²) < 4.78 is 23.4. The van der Waals surface area contributed by atoms with Gasteiger partial charge in [-0.25, -0.2) is 0 Å². The zero-order valence-corrected chi connectivity index (χ0v) is 18.7. The topological polar surface area (TPSA) is 74.3 Å². The van der Waals surface area contributed by atoms with Gasteiger partial charge in [-0.1, -0.05) is 30.3 Å². The summed E-state index contributed by atoms with van der Waals surface area (Å²) in [6.07, 6.45) is -0.464. The summed E-state index contributed by atoms with van der Waals surface area (Å²) in [5, 5.41) is 0. The van der Waals surface area contributed by atoms with Gasteiger partial charge < -0.3 is 18.9 Å². The van der Waals surface area contributed by atoms with Crippen LogP contribution >= 0.6 is 0 Å². The van der Waals surface area contributed by atoms with Gasteiger partial charge in [0.05, 0.1) is 12.5 Å². The lowest BCUT2D eigenvalue weighted by Crippen LogP contribution is -2.45. The van der Waals surface area contributed by atoms with Crippen LogP contribution in [0.5, 0.6) is 0 Å². The highest BCUT2D eigenvalue weighted by atomic mass is 16.8. The molecule has 166 valence electrons. The summed E-state index contributed by atoms with van der Waals surface area (Å²) in [5.41, 5.74) is 0.529. The number of fused-ring (bicyclic) bond motifs is 1. The van der Waals surface area contributed by atoms with Crippen molar-refractivity contribution >= 4 is 11.9 Å². The maximum atomic E-state index is 12.7. The van der Waals surface area contributed by atoms with Crippen molar-refractivity contribution in [1.82, 2.24) is 4.90 Å². The Labute approximate surface area is 178 Å². The number of esters is 2. The van der Waals surface area contributed by atoms with Crippen molar-refractivity contribution in [3.05, 3.63) is 35.9 Å². The maximum absolute atomic E-state index is 12.7. The number of benzene rings is 1. The van der Waals surface area contributed by atoms with E-state index in [1.807, 2.05) is 65.0 Å². The number of carbonyl (C=O) groups excluding carboxylic acids is 2. The zero-order chi connectivity index (χ0) is 22.1. The third-order valence-corrected chi connectivity index (χ3v) is 5.24. The highest BCUT2D eigenvalue weighted by molar-refractivity contribution is 5.71. The fourth-order valence-electron chi connectivity index (χ4n) is 4.25. The molecule has 3 rings (SSSR count). The summed E-state index contributed by atoms with van der Waals surface area (Å²) in [6, 6.07) is 9.51. The Morgan fingerprint density at radius 3 is 2.23 bits per heavy atom. The van der Waals surface area contributed by atoms with Crippen molar-refractivity contribution in [1.29, 1.82) is 0 Å². The van der Waals surface area contributed by atoms with Gasteiger partial charge >= 0.3 is 11.9 Å². The molecular formula is C23H33NO6. The molecule has 0 saturated carbocycles. The lowest BCUT2D eigenvalue weighted by atomic mass is 10.1. The van der Waals surface area contributed by atoms with E-state index in [1.54, 1.807) is 0 Å². The molecule has 0 bridgehead atoms. The van der Waals surface area contributed by atoms with Crippen LogP contribution in [-0.4, -0.2) is 59.1 Å². The van der Waals surface area contributed by atoms with Crippen LogP contribution < -0.4 is 0 Å². The van der Waals surface area contributed by atoms with Gasteiger partial charge in [0.25, 0.3) is 0 Å². The highest BCUT2D eigenvalue weighted by Gasteiger charge is 2.58. The molecule has 0 N–H and O–H groups in total. The largest absolute Gasteiger partial charge is 0.464 e. The maximum Gasteiger partial charge on any atom is 0.308 e. The Hall–Kier alpha value is -1.96. The minimum Gasteiger partial charge on any atom is -0.464 e. The Morgan fingerprint density at radius 1 is 1.07 bits per heavy atom. The first kappa shape index (κ1) is 22.7. The molecule has 2 heterocycles. The van der Waals surface area contributed by atoms with Crippen molar-refractivity contribution in [2.45, 2.75) is 90.2 Å². The SMILES string of the molecule is CC(=O)OC[C@@H]1[C@H]2OC(C)(C)O[C@H]2[C@H](CC(=O)OC(C)(C)C)N1Cc1ccccc1. The number of nitrogens with zero attached hydrogens (tertiary/aromatic N) is 1. The molecule has 0 spiro atoms. The Bertz CT molecular complexity index is 757. The van der Waals surface area contributed by atoms with Gasteiger partial charge in [-0.3, -0.25) is 14.5 Å². The second kappa shape index (κ2) is 8.65. The third-order valence-electron chi connectivity index (χ3n) is 5.24. The lowest BCUT2D eigenvalue weighted by Gasteiger charge is -2.34. The summed E-state index contributed by atoms with van der Waals surface area (Å²) in [4.78, 5) is 26.4. The van der Waals surface area contributed by atoms with E-state index in [0.29, 0.717) is 6.54 Å². The number of hydrogen-bond donors (Lipinski definition) is 0. The second-order valence-corrected chi connectivity index (χ2v) is 9.45. The van der Waals surface area contributed by atoms with E-state index in [1.165, 1.54) is 6.92 Å². The Morgan fingerprint density at radius 2 is 1.67 bits per heavy atom. The molecular weight excluding hydrogens is 386 g/mol. The molecule has 0 aliphatic carbocycles. The first-order valence-corrected chi connectivity index (χ1v) is 10.5. The lowest BCUT2D eigenvalue weighted by molar-refractivity contribution is -0.178. The fourth-order valence-corrected chi connectivity index (χ4v) is 4.25. The molecule has 2 fully saturated rings. The average molecular weight is 420 g/mol. The van der Waals surface area contributed by atoms with Crippen LogP contribution in [-0.2, 0) is 35.1 Å². The molecule has 30 heavy (non-hydrogen) atoms. The van der Waals surface area contributed by atoms with Gasteiger partial charge in [-0.2, -0.15) is 0 Å². The van der Waals surface area contributed by atoms with E-state index in [9.17, 15) is 9.59 Å². The van der Waals surface area contributed by atoms with E-state index in [4.69, 9.17) is 18.9 Å². The number of rotatable bonds is 6. The number of ether oxygens (including phenoxy) is 4. The highest BCUT2D eigenvalue weighted by Crippen LogP contribution is 2.42. The second-order valence-electron chi connectivity index (χ2n) is 9.45. The number of likely N-dealkylation sites (tertiary alicyclic amines) is 1. The molecule has 2 saturated heterocycles. The normalized spacial score (nSPS) is 28.2. The predicted octanol–water partition coefficient (Wildman–Crippen LogP) is 3.05. The van der Waals surface area contributed by atoms with E-state index in [0.717, 1.165) is 5.56 Å². The fraction of sp³-hybridized carbons (Fsp3) is 0.652. The quantitative estimate of drug-likeness (QED) is 0.656. The summed E-state index contributed by atoms with van der Waals surface area (Å²) in [6.45, 7) is 11.4. The van der Waals surface area contributed by atoms with Crippen LogP contribution in [0.3, 0.4) is 0 Å². The monoisotopic (exact) mass is 419 g/mol. The van der Waals surface area contributed by atoms with Crippen molar-refractivity contribution in [3.8, 4) is 0 Å². The smallest absolute Gasteiger partial charge is 0.308 e. The van der Waals surface area contributed by atoms with Crippen molar-refractivity contribution in [2.24, 2.45) is 0 Å². The van der Waals surface area contributed by atoms with Crippen molar-refractivity contribution in [2.75, 3.05) is 6.61 Å². The molecule has 0 amide bonds. The van der Waals surface area contributed by atoms with Gasteiger partial charge in [0, 0.05) is 19.5 Å². The molecule has 0 aromatic heterocycles. The van der Waals surface area contributed by atoms with Crippen LogP contribution in [0.15, 0.2) is 30.3 Å². The Kier molecular flexibility index (Phi) is 6.55. The molecule has 7 heteroatoms. The molecule has 0 radical (unpaired) electrons. The molecule has 4 atom stereocenters. The molecule has 0 unspecified atom stereocenters. The van der Waals surface area contributed by atoms with Crippen LogP contribution in [0.1, 0.15) is 53.5 Å². The van der Waals surface area contributed by atoms with E-state index < -0.39 is 11.4 Å². The molecule has 2 aliphatic heterocycles. The van der Waals surface area contributed by atoms with Crippen molar-refractivity contribution in [3.63, 3.8) is 0 Å². The summed E-state index contributed by atoms with van der Waals surface area (Å²) in [5.74, 6) is -1.40. The first-order chi connectivity index (χ1) is 14.0. The van der Waals surface area contributed by atoms with Gasteiger partial charge in [0.15, 0.2) is 5.79 Å². The van der Waals surface area contributed by atoms with Crippen LogP contribution in [0.25, 0.3) is 0 Å². The average Bonchev–Trinajstić information content (AvgIpc) is 3.04. The van der Waals surface area contributed by atoms with E-state index in [2.05, 4.69) is 4.90 Å². The number of carbonyl (C=O) groups is 2. The van der Waals surface area contributed by atoms with Gasteiger partial charge in [-0.05, 0) is 40.2 Å². The van der Waals surface area contributed by atoms with Gasteiger partial charge in [0.2, 0.25) is 0 Å². The third kappa shape index (κ3) is 5.59. The minimum absolute atomic E-state index is 0.168. The molecule has 2 aliphatic rings. The minimum atomic E-state index is -0.769. The van der Waals surface area contributed by atoms with Crippen molar-refractivity contribution < 1.29 is 28.5 Å². The molecule has 7 nitrogen and oxygen atoms in total. The van der Waals surface area contributed by atoms with Gasteiger partial charge in [0.1, 0.15) is 24.4 Å². The van der Waals surface area contributed by atoms with Gasteiger partial charge in [-0.15, -0.1) is 0 Å².